The van der Waals surface area contributed by atoms with Crippen LogP contribution in [0, 0.1) is 12.8 Å². The maximum absolute atomic E-state index is 13.0. The number of anilines is 1. The first kappa shape index (κ1) is 20.9. The number of likely N-dealkylation sites (tertiary alicyclic amines) is 1. The van der Waals surface area contributed by atoms with Crippen LogP contribution in [0.2, 0.25) is 0 Å². The summed E-state index contributed by atoms with van der Waals surface area (Å²) in [4.78, 5) is 27.7. The standard InChI is InChI=1S/C24H30N2O3/c1-4-22(29-19-11-9-17(2)10-12-19)23(27)25-21-8-6-5-7-20(21)24(28)26-15-13-18(3)14-16-26/h5-12,18,22H,4,13-16H2,1-3H3,(H,25,27). The maximum Gasteiger partial charge on any atom is 0.265 e. The predicted octanol–water partition coefficient (Wildman–Crippen LogP) is 4.66. The van der Waals surface area contributed by atoms with Crippen LogP contribution >= 0.6 is 0 Å². The van der Waals surface area contributed by atoms with Gasteiger partial charge in [-0.05, 0) is 56.4 Å². The lowest BCUT2D eigenvalue weighted by Gasteiger charge is -2.31. The molecule has 0 bridgehead atoms. The van der Waals surface area contributed by atoms with Crippen LogP contribution in [0.1, 0.15) is 49.0 Å². The van der Waals surface area contributed by atoms with E-state index in [1.165, 1.54) is 0 Å². The number of aryl methyl sites for hydroxylation is 1. The Balaban J connectivity index is 1.71. The Morgan fingerprint density at radius 1 is 1.10 bits per heavy atom. The molecule has 3 rings (SSSR count). The Morgan fingerprint density at radius 2 is 1.76 bits per heavy atom. The van der Waals surface area contributed by atoms with Crippen molar-refractivity contribution in [2.45, 2.75) is 46.1 Å². The van der Waals surface area contributed by atoms with Crippen LogP contribution in [-0.4, -0.2) is 35.9 Å². The molecule has 0 radical (unpaired) electrons. The van der Waals surface area contributed by atoms with Crippen LogP contribution in [-0.2, 0) is 4.79 Å². The number of hydrogen-bond donors (Lipinski definition) is 1. The number of ether oxygens (including phenoxy) is 1. The molecular weight excluding hydrogens is 364 g/mol. The van der Waals surface area contributed by atoms with Gasteiger partial charge in [-0.1, -0.05) is 43.7 Å². The van der Waals surface area contributed by atoms with Crippen molar-refractivity contribution in [3.05, 3.63) is 59.7 Å². The summed E-state index contributed by atoms with van der Waals surface area (Å²) < 4.78 is 5.87. The summed E-state index contributed by atoms with van der Waals surface area (Å²) in [7, 11) is 0. The van der Waals surface area contributed by atoms with Crippen molar-refractivity contribution < 1.29 is 14.3 Å². The Bertz CT molecular complexity index is 839. The van der Waals surface area contributed by atoms with E-state index in [9.17, 15) is 9.59 Å². The molecule has 0 aliphatic carbocycles. The van der Waals surface area contributed by atoms with Crippen molar-refractivity contribution in [3.63, 3.8) is 0 Å². The quantitative estimate of drug-likeness (QED) is 0.775. The van der Waals surface area contributed by atoms with E-state index in [1.807, 2.05) is 55.1 Å². The van der Waals surface area contributed by atoms with Gasteiger partial charge in [-0.3, -0.25) is 9.59 Å². The van der Waals surface area contributed by atoms with Gasteiger partial charge in [0.2, 0.25) is 0 Å². The van der Waals surface area contributed by atoms with E-state index in [-0.39, 0.29) is 11.8 Å². The summed E-state index contributed by atoms with van der Waals surface area (Å²) in [5.74, 6) is 1.03. The van der Waals surface area contributed by atoms with Gasteiger partial charge < -0.3 is 15.0 Å². The van der Waals surface area contributed by atoms with Crippen molar-refractivity contribution >= 4 is 17.5 Å². The van der Waals surface area contributed by atoms with Crippen molar-refractivity contribution in [3.8, 4) is 5.75 Å². The fourth-order valence-electron chi connectivity index (χ4n) is 3.48. The molecule has 154 valence electrons. The molecule has 1 N–H and O–H groups in total. The molecule has 0 aromatic heterocycles. The normalized spacial score (nSPS) is 15.6. The molecule has 2 amide bonds. The molecule has 0 saturated carbocycles. The number of hydrogen-bond acceptors (Lipinski definition) is 3. The first-order valence-electron chi connectivity index (χ1n) is 10.4. The van der Waals surface area contributed by atoms with E-state index >= 15 is 0 Å². The summed E-state index contributed by atoms with van der Waals surface area (Å²) in [6, 6.07) is 14.8. The number of amides is 2. The van der Waals surface area contributed by atoms with E-state index in [4.69, 9.17) is 4.74 Å². The smallest absolute Gasteiger partial charge is 0.265 e. The lowest BCUT2D eigenvalue weighted by Crippen LogP contribution is -2.38. The molecule has 5 heteroatoms. The Labute approximate surface area is 173 Å². The zero-order valence-corrected chi connectivity index (χ0v) is 17.5. The molecule has 1 aliphatic heterocycles. The van der Waals surface area contributed by atoms with Crippen LogP contribution in [0.15, 0.2) is 48.5 Å². The summed E-state index contributed by atoms with van der Waals surface area (Å²) >= 11 is 0. The zero-order valence-electron chi connectivity index (χ0n) is 17.5. The van der Waals surface area contributed by atoms with Gasteiger partial charge in [0.25, 0.3) is 11.8 Å². The monoisotopic (exact) mass is 394 g/mol. The molecule has 1 fully saturated rings. The number of nitrogens with one attached hydrogen (secondary N) is 1. The number of carbonyl (C=O) groups is 2. The third-order valence-electron chi connectivity index (χ3n) is 5.45. The van der Waals surface area contributed by atoms with E-state index in [2.05, 4.69) is 12.2 Å². The third kappa shape index (κ3) is 5.37. The second-order valence-corrected chi connectivity index (χ2v) is 7.84. The topological polar surface area (TPSA) is 58.6 Å². The van der Waals surface area contributed by atoms with E-state index in [0.717, 1.165) is 31.5 Å². The zero-order chi connectivity index (χ0) is 20.8. The van der Waals surface area contributed by atoms with Crippen LogP contribution in [0.3, 0.4) is 0 Å². The molecule has 2 aromatic carbocycles. The van der Waals surface area contributed by atoms with Crippen molar-refractivity contribution in [2.24, 2.45) is 5.92 Å². The molecule has 2 aromatic rings. The summed E-state index contributed by atoms with van der Waals surface area (Å²) in [5.41, 5.74) is 2.20. The van der Waals surface area contributed by atoms with Crippen molar-refractivity contribution in [1.82, 2.24) is 4.90 Å². The van der Waals surface area contributed by atoms with Gasteiger partial charge >= 0.3 is 0 Å². The lowest BCUT2D eigenvalue weighted by molar-refractivity contribution is -0.122. The number of carbonyl (C=O) groups excluding carboxylic acids is 2. The van der Waals surface area contributed by atoms with Gasteiger partial charge in [0.05, 0.1) is 11.3 Å². The maximum atomic E-state index is 13.0. The SMILES string of the molecule is CCC(Oc1ccc(C)cc1)C(=O)Nc1ccccc1C(=O)N1CCC(C)CC1. The van der Waals surface area contributed by atoms with Crippen molar-refractivity contribution in [1.29, 1.82) is 0 Å². The molecule has 1 saturated heterocycles. The molecule has 0 spiro atoms. The minimum Gasteiger partial charge on any atom is -0.481 e. The summed E-state index contributed by atoms with van der Waals surface area (Å²) in [5, 5.41) is 2.91. The number of piperidine rings is 1. The minimum absolute atomic E-state index is 0.0275. The van der Waals surface area contributed by atoms with Gasteiger partial charge in [-0.15, -0.1) is 0 Å². The highest BCUT2D eigenvalue weighted by Crippen LogP contribution is 2.23. The molecular formula is C24H30N2O3. The predicted molar refractivity (Wildman–Crippen MR) is 115 cm³/mol. The number of rotatable bonds is 6. The largest absolute Gasteiger partial charge is 0.481 e. The van der Waals surface area contributed by atoms with Gasteiger partial charge in [-0.25, -0.2) is 0 Å². The average molecular weight is 395 g/mol. The highest BCUT2D eigenvalue weighted by Gasteiger charge is 2.25. The van der Waals surface area contributed by atoms with Crippen LogP contribution in [0.25, 0.3) is 0 Å². The van der Waals surface area contributed by atoms with Crippen LogP contribution < -0.4 is 10.1 Å². The van der Waals surface area contributed by atoms with E-state index in [0.29, 0.717) is 29.3 Å². The van der Waals surface area contributed by atoms with Gasteiger partial charge in [-0.2, -0.15) is 0 Å². The molecule has 1 aliphatic rings. The molecule has 29 heavy (non-hydrogen) atoms. The summed E-state index contributed by atoms with van der Waals surface area (Å²) in [6.45, 7) is 7.65. The van der Waals surface area contributed by atoms with Gasteiger partial charge in [0, 0.05) is 13.1 Å². The number of para-hydroxylation sites is 1. The fraction of sp³-hybridized carbons (Fsp3) is 0.417. The van der Waals surface area contributed by atoms with E-state index in [1.54, 1.807) is 12.1 Å². The first-order chi connectivity index (χ1) is 14.0. The minimum atomic E-state index is -0.628. The van der Waals surface area contributed by atoms with Crippen LogP contribution in [0.4, 0.5) is 5.69 Å². The van der Waals surface area contributed by atoms with Crippen LogP contribution in [0.5, 0.6) is 5.75 Å². The molecule has 5 nitrogen and oxygen atoms in total. The first-order valence-corrected chi connectivity index (χ1v) is 10.4. The second-order valence-electron chi connectivity index (χ2n) is 7.84. The van der Waals surface area contributed by atoms with Gasteiger partial charge in [0.15, 0.2) is 6.10 Å². The third-order valence-corrected chi connectivity index (χ3v) is 5.45. The Kier molecular flexibility index (Phi) is 6.91. The average Bonchev–Trinajstić information content (AvgIpc) is 2.73. The molecule has 1 unspecified atom stereocenters. The molecule has 1 atom stereocenters. The second kappa shape index (κ2) is 9.59. The summed E-state index contributed by atoms with van der Waals surface area (Å²) in [6.07, 6.45) is 1.93. The Morgan fingerprint density at radius 3 is 2.41 bits per heavy atom. The highest BCUT2D eigenvalue weighted by molar-refractivity contribution is 6.04. The number of nitrogens with zero attached hydrogens (tertiary/aromatic N) is 1. The number of benzene rings is 2. The van der Waals surface area contributed by atoms with Crippen molar-refractivity contribution in [2.75, 3.05) is 18.4 Å². The molecule has 1 heterocycles. The van der Waals surface area contributed by atoms with Gasteiger partial charge in [0.1, 0.15) is 5.75 Å². The Hall–Kier alpha value is -2.82. The fourth-order valence-corrected chi connectivity index (χ4v) is 3.48. The lowest BCUT2D eigenvalue weighted by atomic mass is 9.98. The highest BCUT2D eigenvalue weighted by atomic mass is 16.5. The van der Waals surface area contributed by atoms with E-state index < -0.39 is 6.10 Å².